The van der Waals surface area contributed by atoms with Crippen LogP contribution in [-0.4, -0.2) is 133 Å². The highest BCUT2D eigenvalue weighted by atomic mass is 16.8. The Bertz CT molecular complexity index is 1370. The minimum absolute atomic E-state index is 0.0260. The zero-order chi connectivity index (χ0) is 35.9. The van der Waals surface area contributed by atoms with Crippen LogP contribution in [-0.2, 0) is 47.4 Å². The Morgan fingerprint density at radius 3 is 2.37 bits per heavy atom. The summed E-state index contributed by atoms with van der Waals surface area (Å²) in [6.07, 6.45) is 4.01. The monoisotopic (exact) mass is 730 g/mol. The molecule has 0 aromatic carbocycles. The molecule has 10 rings (SSSR count). The molecule has 52 heavy (non-hydrogen) atoms. The predicted molar refractivity (Wildman–Crippen MR) is 184 cm³/mol. The van der Waals surface area contributed by atoms with Gasteiger partial charge in [0.15, 0.2) is 5.79 Å². The highest BCUT2D eigenvalue weighted by Crippen LogP contribution is 2.54. The van der Waals surface area contributed by atoms with Crippen molar-refractivity contribution in [2.75, 3.05) is 13.7 Å². The zero-order valence-electron chi connectivity index (χ0n) is 30.7. The summed E-state index contributed by atoms with van der Waals surface area (Å²) in [5, 5.41) is 20.1. The van der Waals surface area contributed by atoms with Crippen molar-refractivity contribution < 1.29 is 57.6 Å². The molecule has 12 heteroatoms. The molecule has 11 unspecified atom stereocenters. The number of methoxy groups -OCH3 is 1. The van der Waals surface area contributed by atoms with Crippen molar-refractivity contribution in [2.45, 2.75) is 194 Å². The number of carbonyl (C=O) groups is 1. The first kappa shape index (κ1) is 36.4. The molecule has 19 atom stereocenters. The highest BCUT2D eigenvalue weighted by molar-refractivity contribution is 5.79. The highest BCUT2D eigenvalue weighted by Gasteiger charge is 2.68. The van der Waals surface area contributed by atoms with Crippen LogP contribution in [0.4, 0.5) is 0 Å². The van der Waals surface area contributed by atoms with Crippen LogP contribution in [0.1, 0.15) is 90.4 Å². The summed E-state index contributed by atoms with van der Waals surface area (Å²) >= 11 is 0. The van der Waals surface area contributed by atoms with Crippen LogP contribution in [0, 0.1) is 11.8 Å². The van der Waals surface area contributed by atoms with E-state index in [4.69, 9.17) is 42.6 Å². The van der Waals surface area contributed by atoms with Gasteiger partial charge in [0.25, 0.3) is 0 Å². The van der Waals surface area contributed by atoms with E-state index in [9.17, 15) is 15.0 Å². The van der Waals surface area contributed by atoms with Gasteiger partial charge in [0.05, 0.1) is 73.8 Å². The summed E-state index contributed by atoms with van der Waals surface area (Å²) in [5.74, 6) is -0.709. The average Bonchev–Trinajstić information content (AvgIpc) is 3.79. The molecular weight excluding hydrogens is 672 g/mol. The molecule has 12 nitrogen and oxygen atoms in total. The minimum Gasteiger partial charge on any atom is -0.394 e. The number of hydrogen-bond acceptors (Lipinski definition) is 12. The van der Waals surface area contributed by atoms with Gasteiger partial charge in [0.1, 0.15) is 36.3 Å². The lowest BCUT2D eigenvalue weighted by molar-refractivity contribution is -0.292. The lowest BCUT2D eigenvalue weighted by atomic mass is 9.81. The molecule has 10 heterocycles. The lowest BCUT2D eigenvalue weighted by Gasteiger charge is -2.47. The van der Waals surface area contributed by atoms with Crippen LogP contribution < -0.4 is 0 Å². The minimum atomic E-state index is -0.951. The predicted octanol–water partition coefficient (Wildman–Crippen LogP) is 3.47. The molecule has 10 aliphatic heterocycles. The molecule has 2 N–H and O–H groups in total. The van der Waals surface area contributed by atoms with E-state index in [1.54, 1.807) is 7.11 Å². The maximum absolute atomic E-state index is 14.0. The number of hydrogen-bond donors (Lipinski definition) is 2. The van der Waals surface area contributed by atoms with E-state index >= 15 is 0 Å². The van der Waals surface area contributed by atoms with Gasteiger partial charge in [-0.2, -0.15) is 0 Å². The van der Waals surface area contributed by atoms with Gasteiger partial charge >= 0.3 is 0 Å². The molecule has 290 valence electrons. The van der Waals surface area contributed by atoms with Crippen LogP contribution in [0.25, 0.3) is 0 Å². The second-order valence-corrected chi connectivity index (χ2v) is 17.4. The fraction of sp³-hybridized carbons (Fsp3) is 0.875. The molecule has 0 aromatic rings. The second-order valence-electron chi connectivity index (χ2n) is 17.4. The first-order chi connectivity index (χ1) is 25.1. The Kier molecular flexibility index (Phi) is 10.0. The summed E-state index contributed by atoms with van der Waals surface area (Å²) in [6, 6.07) is 0. The van der Waals surface area contributed by atoms with Gasteiger partial charge in [0.2, 0.25) is 0 Å². The normalized spacial score (nSPS) is 52.4. The van der Waals surface area contributed by atoms with E-state index in [0.29, 0.717) is 25.7 Å². The molecule has 10 saturated heterocycles. The van der Waals surface area contributed by atoms with Crippen LogP contribution in [0.15, 0.2) is 24.3 Å². The van der Waals surface area contributed by atoms with Gasteiger partial charge in [-0.15, -0.1) is 0 Å². The topological polar surface area (TPSA) is 141 Å². The third-order valence-corrected chi connectivity index (χ3v) is 13.9. The number of Topliss-reactive ketones (excluding diaryl/α,β-unsaturated/α-hetero) is 1. The average molecular weight is 731 g/mol. The van der Waals surface area contributed by atoms with Gasteiger partial charge in [0, 0.05) is 51.6 Å². The van der Waals surface area contributed by atoms with Crippen LogP contribution >= 0.6 is 0 Å². The number of carbonyl (C=O) groups excluding carboxylic acids is 1. The smallest absolute Gasteiger partial charge is 0.172 e. The third-order valence-electron chi connectivity index (χ3n) is 13.9. The number of aliphatic hydroxyl groups is 2. The fourth-order valence-corrected chi connectivity index (χ4v) is 11.3. The van der Waals surface area contributed by atoms with E-state index in [2.05, 4.69) is 20.1 Å². The maximum Gasteiger partial charge on any atom is 0.172 e. The Hall–Kier alpha value is -1.29. The van der Waals surface area contributed by atoms with Crippen molar-refractivity contribution >= 4 is 5.78 Å². The lowest BCUT2D eigenvalue weighted by Crippen LogP contribution is -2.61. The summed E-state index contributed by atoms with van der Waals surface area (Å²) in [4.78, 5) is 14.0. The molecule has 0 aliphatic carbocycles. The summed E-state index contributed by atoms with van der Waals surface area (Å²) in [5.41, 5.74) is 2.17. The first-order valence-corrected chi connectivity index (χ1v) is 20.1. The second kappa shape index (κ2) is 14.3. The molecule has 0 amide bonds. The van der Waals surface area contributed by atoms with Crippen molar-refractivity contribution in [1.82, 2.24) is 0 Å². The quantitative estimate of drug-likeness (QED) is 0.410. The zero-order valence-corrected chi connectivity index (χ0v) is 30.7. The Morgan fingerprint density at radius 1 is 0.788 bits per heavy atom. The van der Waals surface area contributed by atoms with E-state index in [0.717, 1.165) is 49.7 Å². The molecule has 12 bridgehead atoms. The van der Waals surface area contributed by atoms with Crippen LogP contribution in [0.5, 0.6) is 0 Å². The van der Waals surface area contributed by atoms with Crippen LogP contribution in [0.2, 0.25) is 0 Å². The molecule has 0 saturated carbocycles. The standard InChI is InChI=1S/C40H58O12/c1-19-11-24-5-7-28-20(2)12-26(45-28)9-10-40-17-33-36(51-40)37-38(50-33)39(52-40)35-29(49-37)8-6-25(47-35)13-22(42)14-27-31(16-30(46-24)21(19)3)48-32(34(27)44-4)15-23(43)18-41/h19,23-39,41,43H,2-3,5-18H2,1,4H3/t19?,23?,24?,25-,26?,27?,28?,29?,30?,31?,32-,33-,34-,35+,36?,37+,38-,39?,40+/m1/s1. The van der Waals surface area contributed by atoms with E-state index in [1.807, 2.05) is 0 Å². The summed E-state index contributed by atoms with van der Waals surface area (Å²) < 4.78 is 59.8. The van der Waals surface area contributed by atoms with Crippen molar-refractivity contribution in [3.63, 3.8) is 0 Å². The van der Waals surface area contributed by atoms with Gasteiger partial charge in [-0.05, 0) is 62.0 Å². The summed E-state index contributed by atoms with van der Waals surface area (Å²) in [7, 11) is 1.63. The van der Waals surface area contributed by atoms with E-state index < -0.39 is 24.1 Å². The number of ketones is 1. The summed E-state index contributed by atoms with van der Waals surface area (Å²) in [6.45, 7) is 10.7. The third kappa shape index (κ3) is 6.59. The molecule has 0 aromatic heterocycles. The molecule has 0 radical (unpaired) electrons. The van der Waals surface area contributed by atoms with Crippen LogP contribution in [0.3, 0.4) is 0 Å². The first-order valence-electron chi connectivity index (χ1n) is 20.1. The fourth-order valence-electron chi connectivity index (χ4n) is 11.3. The van der Waals surface area contributed by atoms with Crippen molar-refractivity contribution in [3.05, 3.63) is 24.3 Å². The van der Waals surface area contributed by atoms with E-state index in [-0.39, 0.29) is 123 Å². The number of fused-ring (bicyclic) bond motifs is 6. The number of rotatable bonds is 4. The van der Waals surface area contributed by atoms with Gasteiger partial charge in [-0.25, -0.2) is 0 Å². The van der Waals surface area contributed by atoms with Crippen molar-refractivity contribution in [3.8, 4) is 0 Å². The van der Waals surface area contributed by atoms with Gasteiger partial charge < -0.3 is 52.8 Å². The van der Waals surface area contributed by atoms with Crippen molar-refractivity contribution in [2.24, 2.45) is 11.8 Å². The molecule has 1 spiro atoms. The Balaban J connectivity index is 0.994. The largest absolute Gasteiger partial charge is 0.394 e. The number of aliphatic hydroxyl groups excluding tert-OH is 2. The number of ether oxygens (including phenoxy) is 9. The molecule has 10 fully saturated rings. The SMILES string of the molecule is C=C1CC2CC[C@@]34C[C@H]5O[C@H]6C(O3)[C@H]3O[C@H](CCC3O[C@H]6C5O4)CC(=O)CC3C(CC4OC(CCC1O2)CC(C)C4=C)O[C@H](CC(O)CO)[C@@H]3OC. The van der Waals surface area contributed by atoms with Gasteiger partial charge in [-0.3, -0.25) is 4.79 Å². The Labute approximate surface area is 306 Å². The van der Waals surface area contributed by atoms with Gasteiger partial charge in [-0.1, -0.05) is 20.1 Å². The van der Waals surface area contributed by atoms with Crippen molar-refractivity contribution in [1.29, 1.82) is 0 Å². The molecular formula is C40H58O12. The van der Waals surface area contributed by atoms with E-state index in [1.165, 1.54) is 0 Å². The Morgan fingerprint density at radius 2 is 1.54 bits per heavy atom. The molecule has 10 aliphatic rings. The maximum atomic E-state index is 14.0.